The van der Waals surface area contributed by atoms with Crippen LogP contribution in [0.15, 0.2) is 0 Å². The van der Waals surface area contributed by atoms with E-state index in [1.54, 1.807) is 4.90 Å². The second-order valence-corrected chi connectivity index (χ2v) is 4.41. The van der Waals surface area contributed by atoms with Crippen molar-refractivity contribution in [1.29, 1.82) is 0 Å². The van der Waals surface area contributed by atoms with Crippen LogP contribution in [0.5, 0.6) is 0 Å². The Morgan fingerprint density at radius 3 is 2.67 bits per heavy atom. The number of quaternary nitrogens is 1. The topological polar surface area (TPSA) is 24.8 Å². The number of likely N-dealkylation sites (tertiary alicyclic amines) is 2. The second-order valence-electron chi connectivity index (χ2n) is 4.41. The van der Waals surface area contributed by atoms with E-state index in [1.807, 2.05) is 4.90 Å². The molecule has 2 rings (SSSR count). The van der Waals surface area contributed by atoms with Crippen molar-refractivity contribution in [3.05, 3.63) is 0 Å². The van der Waals surface area contributed by atoms with Crippen LogP contribution >= 0.6 is 0 Å². The van der Waals surface area contributed by atoms with Crippen LogP contribution < -0.4 is 4.90 Å². The Labute approximate surface area is 91.4 Å². The van der Waals surface area contributed by atoms with Crippen molar-refractivity contribution in [2.45, 2.75) is 25.7 Å². The number of rotatable bonds is 2. The van der Waals surface area contributed by atoms with Gasteiger partial charge in [0.05, 0.1) is 19.6 Å². The molecule has 0 unspecified atom stereocenters. The van der Waals surface area contributed by atoms with Crippen molar-refractivity contribution >= 4 is 5.91 Å². The number of carbonyl (C=O) groups excluding carboxylic acids is 1. The molecule has 15 heavy (non-hydrogen) atoms. The van der Waals surface area contributed by atoms with E-state index < -0.39 is 0 Å². The van der Waals surface area contributed by atoms with Gasteiger partial charge in [0.2, 0.25) is 5.91 Å². The molecule has 2 heterocycles. The van der Waals surface area contributed by atoms with E-state index >= 15 is 0 Å². The molecule has 2 saturated heterocycles. The highest BCUT2D eigenvalue weighted by molar-refractivity contribution is 5.78. The zero-order chi connectivity index (χ0) is 10.5. The maximum absolute atomic E-state index is 11.3. The van der Waals surface area contributed by atoms with Crippen LogP contribution in [-0.2, 0) is 4.79 Å². The lowest BCUT2D eigenvalue weighted by atomic mass is 10.4. The normalized spacial score (nSPS) is 21.9. The van der Waals surface area contributed by atoms with Gasteiger partial charge < -0.3 is 9.80 Å². The fraction of sp³-hybridized carbons (Fsp3) is 0.750. The minimum absolute atomic E-state index is 0.276. The number of hydrogen-bond acceptors (Lipinski definition) is 1. The van der Waals surface area contributed by atoms with Crippen LogP contribution in [0.2, 0.25) is 0 Å². The van der Waals surface area contributed by atoms with E-state index in [2.05, 4.69) is 11.8 Å². The maximum Gasteiger partial charge on any atom is 0.223 e. The first-order chi connectivity index (χ1) is 7.36. The van der Waals surface area contributed by atoms with Gasteiger partial charge in [-0.3, -0.25) is 4.79 Å². The quantitative estimate of drug-likeness (QED) is 0.595. The fourth-order valence-electron chi connectivity index (χ4n) is 2.26. The third kappa shape index (κ3) is 2.97. The molecule has 0 radical (unpaired) electrons. The Bertz CT molecular complexity index is 284. The van der Waals surface area contributed by atoms with E-state index in [0.29, 0.717) is 6.54 Å². The first kappa shape index (κ1) is 10.5. The third-order valence-electron chi connectivity index (χ3n) is 3.22. The van der Waals surface area contributed by atoms with Crippen LogP contribution in [0.1, 0.15) is 25.7 Å². The summed E-state index contributed by atoms with van der Waals surface area (Å²) in [6.07, 6.45) is 4.43. The number of nitrogens with one attached hydrogen (secondary N) is 1. The van der Waals surface area contributed by atoms with E-state index in [1.165, 1.54) is 25.9 Å². The molecule has 0 saturated carbocycles. The molecular weight excluding hydrogens is 188 g/mol. The summed E-state index contributed by atoms with van der Waals surface area (Å²) < 4.78 is 0. The minimum Gasteiger partial charge on any atom is -0.332 e. The van der Waals surface area contributed by atoms with Gasteiger partial charge in [0.15, 0.2) is 0 Å². The SMILES string of the molecule is O=C1CCCN1CC#CC[NH+]1CCCC1. The van der Waals surface area contributed by atoms with Crippen molar-refractivity contribution in [3.63, 3.8) is 0 Å². The number of carbonyl (C=O) groups is 1. The summed E-state index contributed by atoms with van der Waals surface area (Å²) in [5.74, 6) is 6.59. The van der Waals surface area contributed by atoms with Gasteiger partial charge >= 0.3 is 0 Å². The predicted molar refractivity (Wildman–Crippen MR) is 58.4 cm³/mol. The van der Waals surface area contributed by atoms with Crippen molar-refractivity contribution in [1.82, 2.24) is 4.90 Å². The van der Waals surface area contributed by atoms with Gasteiger partial charge in [0, 0.05) is 25.8 Å². The zero-order valence-electron chi connectivity index (χ0n) is 9.22. The molecule has 2 aliphatic rings. The lowest BCUT2D eigenvalue weighted by Gasteiger charge is -2.10. The Morgan fingerprint density at radius 2 is 2.00 bits per heavy atom. The summed E-state index contributed by atoms with van der Waals surface area (Å²) in [4.78, 5) is 14.8. The van der Waals surface area contributed by atoms with Crippen molar-refractivity contribution in [3.8, 4) is 11.8 Å². The number of hydrogen-bond donors (Lipinski definition) is 1. The van der Waals surface area contributed by atoms with Gasteiger partial charge in [-0.2, -0.15) is 0 Å². The van der Waals surface area contributed by atoms with Gasteiger partial charge in [-0.1, -0.05) is 5.92 Å². The standard InChI is InChI=1S/C12H18N2O/c15-12-6-5-11-14(12)10-4-3-9-13-7-1-2-8-13/h1-2,5-11H2/p+1. The molecule has 0 atom stereocenters. The molecule has 3 nitrogen and oxygen atoms in total. The molecular formula is C12H19N2O+. The van der Waals surface area contributed by atoms with Crippen LogP contribution in [0, 0.1) is 11.8 Å². The lowest BCUT2D eigenvalue weighted by molar-refractivity contribution is -0.879. The van der Waals surface area contributed by atoms with E-state index in [-0.39, 0.29) is 5.91 Å². The Balaban J connectivity index is 1.68. The number of nitrogens with zero attached hydrogens (tertiary/aromatic N) is 1. The fourth-order valence-corrected chi connectivity index (χ4v) is 2.26. The highest BCUT2D eigenvalue weighted by Gasteiger charge is 2.18. The zero-order valence-corrected chi connectivity index (χ0v) is 9.22. The first-order valence-corrected chi connectivity index (χ1v) is 5.93. The number of amides is 1. The van der Waals surface area contributed by atoms with E-state index in [0.717, 1.165) is 25.9 Å². The molecule has 0 spiro atoms. The van der Waals surface area contributed by atoms with Gasteiger partial charge in [-0.05, 0) is 12.3 Å². The maximum atomic E-state index is 11.3. The van der Waals surface area contributed by atoms with Crippen LogP contribution in [0.3, 0.4) is 0 Å². The molecule has 3 heteroatoms. The van der Waals surface area contributed by atoms with Gasteiger partial charge in [-0.25, -0.2) is 0 Å². The molecule has 0 aliphatic carbocycles. The Kier molecular flexibility index (Phi) is 3.63. The molecule has 2 fully saturated rings. The molecule has 2 aliphatic heterocycles. The molecule has 0 aromatic heterocycles. The van der Waals surface area contributed by atoms with Gasteiger partial charge in [-0.15, -0.1) is 0 Å². The van der Waals surface area contributed by atoms with Crippen LogP contribution in [0.25, 0.3) is 0 Å². The second kappa shape index (κ2) is 5.18. The molecule has 82 valence electrons. The summed E-state index contributed by atoms with van der Waals surface area (Å²) >= 11 is 0. The van der Waals surface area contributed by atoms with Crippen LogP contribution in [0.4, 0.5) is 0 Å². The average molecular weight is 207 g/mol. The molecule has 1 N–H and O–H groups in total. The molecule has 0 aromatic carbocycles. The molecule has 1 amide bonds. The predicted octanol–water partition coefficient (Wildman–Crippen LogP) is -0.709. The van der Waals surface area contributed by atoms with Gasteiger partial charge in [0.25, 0.3) is 0 Å². The van der Waals surface area contributed by atoms with Gasteiger partial charge in [0.1, 0.15) is 6.54 Å². The highest BCUT2D eigenvalue weighted by atomic mass is 16.2. The summed E-state index contributed by atoms with van der Waals surface area (Å²) in [5, 5.41) is 0. The summed E-state index contributed by atoms with van der Waals surface area (Å²) in [6.45, 7) is 5.06. The van der Waals surface area contributed by atoms with E-state index in [9.17, 15) is 4.79 Å². The van der Waals surface area contributed by atoms with Crippen LogP contribution in [-0.4, -0.2) is 43.5 Å². The summed E-state index contributed by atoms with van der Waals surface area (Å²) in [6, 6.07) is 0. The largest absolute Gasteiger partial charge is 0.332 e. The van der Waals surface area contributed by atoms with Crippen molar-refractivity contribution < 1.29 is 9.69 Å². The first-order valence-electron chi connectivity index (χ1n) is 5.93. The summed E-state index contributed by atoms with van der Waals surface area (Å²) in [5.41, 5.74) is 0. The average Bonchev–Trinajstić information content (AvgIpc) is 2.85. The van der Waals surface area contributed by atoms with Crippen molar-refractivity contribution in [2.75, 3.05) is 32.7 Å². The van der Waals surface area contributed by atoms with Crippen molar-refractivity contribution in [2.24, 2.45) is 0 Å². The molecule has 0 bridgehead atoms. The third-order valence-corrected chi connectivity index (χ3v) is 3.22. The Morgan fingerprint density at radius 1 is 1.20 bits per heavy atom. The monoisotopic (exact) mass is 207 g/mol. The minimum atomic E-state index is 0.276. The lowest BCUT2D eigenvalue weighted by Crippen LogP contribution is -3.09. The smallest absolute Gasteiger partial charge is 0.223 e. The Hall–Kier alpha value is -1.01. The molecule has 0 aromatic rings. The highest BCUT2D eigenvalue weighted by Crippen LogP contribution is 2.07. The van der Waals surface area contributed by atoms with E-state index in [4.69, 9.17) is 0 Å². The summed E-state index contributed by atoms with van der Waals surface area (Å²) in [7, 11) is 0.